The Morgan fingerprint density at radius 2 is 1.57 bits per heavy atom. The smallest absolute Gasteiger partial charge is 0.247 e. The molecule has 1 N–H and O–H groups in total. The van der Waals surface area contributed by atoms with Crippen molar-refractivity contribution in [1.29, 1.82) is 0 Å². The average molecular weight is 310 g/mol. The van der Waals surface area contributed by atoms with Gasteiger partial charge in [0.1, 0.15) is 6.04 Å². The van der Waals surface area contributed by atoms with Crippen LogP contribution in [0.3, 0.4) is 0 Å². The summed E-state index contributed by atoms with van der Waals surface area (Å²) in [6, 6.07) is 18.5. The number of rotatable bonds is 6. The molecule has 2 aromatic carbocycles. The first kappa shape index (κ1) is 16.7. The average Bonchev–Trinajstić information content (AvgIpc) is 2.56. The molecule has 1 atom stereocenters. The Hall–Kier alpha value is -2.62. The summed E-state index contributed by atoms with van der Waals surface area (Å²) in [7, 11) is 0. The van der Waals surface area contributed by atoms with Crippen molar-refractivity contribution in [2.45, 2.75) is 26.4 Å². The number of benzene rings is 2. The second-order valence-electron chi connectivity index (χ2n) is 5.34. The van der Waals surface area contributed by atoms with Gasteiger partial charge in [-0.25, -0.2) is 0 Å². The van der Waals surface area contributed by atoms with Crippen LogP contribution in [0.5, 0.6) is 0 Å². The number of likely N-dealkylation sites (N-methyl/N-ethyl adjacent to an activating group) is 1. The van der Waals surface area contributed by atoms with E-state index in [-0.39, 0.29) is 11.8 Å². The van der Waals surface area contributed by atoms with Gasteiger partial charge in [0, 0.05) is 20.0 Å². The van der Waals surface area contributed by atoms with Crippen molar-refractivity contribution in [1.82, 2.24) is 10.2 Å². The van der Waals surface area contributed by atoms with Crippen molar-refractivity contribution in [2.24, 2.45) is 0 Å². The third-order valence-corrected chi connectivity index (χ3v) is 3.63. The molecule has 0 bridgehead atoms. The third kappa shape index (κ3) is 4.42. The SMILES string of the molecule is CCNC(=O)[C@H](c1ccccc1)N(Cc1ccccc1)C(C)=O. The molecule has 0 radical (unpaired) electrons. The lowest BCUT2D eigenvalue weighted by atomic mass is 10.0. The summed E-state index contributed by atoms with van der Waals surface area (Å²) in [6.45, 7) is 4.29. The van der Waals surface area contributed by atoms with Crippen LogP contribution in [0.25, 0.3) is 0 Å². The predicted molar refractivity (Wildman–Crippen MR) is 90.5 cm³/mol. The molecule has 0 aliphatic heterocycles. The molecule has 23 heavy (non-hydrogen) atoms. The predicted octanol–water partition coefficient (Wildman–Crippen LogP) is 2.91. The first-order valence-corrected chi connectivity index (χ1v) is 7.77. The minimum atomic E-state index is -0.631. The van der Waals surface area contributed by atoms with Gasteiger partial charge in [-0.2, -0.15) is 0 Å². The highest BCUT2D eigenvalue weighted by Gasteiger charge is 2.29. The Labute approximate surface area is 137 Å². The van der Waals surface area contributed by atoms with Gasteiger partial charge in [0.25, 0.3) is 0 Å². The maximum Gasteiger partial charge on any atom is 0.247 e. The molecule has 2 aromatic rings. The van der Waals surface area contributed by atoms with Gasteiger partial charge in [0.15, 0.2) is 0 Å². The maximum absolute atomic E-state index is 12.6. The largest absolute Gasteiger partial charge is 0.354 e. The van der Waals surface area contributed by atoms with Crippen molar-refractivity contribution in [3.05, 3.63) is 71.8 Å². The quantitative estimate of drug-likeness (QED) is 0.892. The number of nitrogens with zero attached hydrogens (tertiary/aromatic N) is 1. The van der Waals surface area contributed by atoms with Crippen LogP contribution in [0.1, 0.15) is 31.0 Å². The van der Waals surface area contributed by atoms with Gasteiger partial charge in [-0.1, -0.05) is 60.7 Å². The van der Waals surface area contributed by atoms with Crippen LogP contribution in [0.15, 0.2) is 60.7 Å². The molecule has 2 amide bonds. The van der Waals surface area contributed by atoms with E-state index in [4.69, 9.17) is 0 Å². The Morgan fingerprint density at radius 3 is 2.09 bits per heavy atom. The van der Waals surface area contributed by atoms with Gasteiger partial charge in [-0.15, -0.1) is 0 Å². The molecule has 4 heteroatoms. The molecule has 120 valence electrons. The summed E-state index contributed by atoms with van der Waals surface area (Å²) in [5, 5.41) is 2.83. The molecule has 0 spiro atoms. The lowest BCUT2D eigenvalue weighted by molar-refractivity contribution is -0.140. The number of hydrogen-bond acceptors (Lipinski definition) is 2. The molecule has 0 aliphatic carbocycles. The molecule has 0 unspecified atom stereocenters. The number of carbonyl (C=O) groups is 2. The number of nitrogens with one attached hydrogen (secondary N) is 1. The number of hydrogen-bond donors (Lipinski definition) is 1. The molecule has 2 rings (SSSR count). The van der Waals surface area contributed by atoms with Crippen LogP contribution in [0.4, 0.5) is 0 Å². The van der Waals surface area contributed by atoms with Gasteiger partial charge in [0.05, 0.1) is 0 Å². The molecular formula is C19H22N2O2. The minimum absolute atomic E-state index is 0.131. The van der Waals surface area contributed by atoms with E-state index in [0.717, 1.165) is 11.1 Å². The van der Waals surface area contributed by atoms with Crippen molar-refractivity contribution in [3.8, 4) is 0 Å². The van der Waals surface area contributed by atoms with E-state index < -0.39 is 6.04 Å². The lowest BCUT2D eigenvalue weighted by Gasteiger charge is -2.30. The summed E-state index contributed by atoms with van der Waals surface area (Å²) < 4.78 is 0. The van der Waals surface area contributed by atoms with E-state index in [9.17, 15) is 9.59 Å². The highest BCUT2D eigenvalue weighted by molar-refractivity contribution is 5.88. The van der Waals surface area contributed by atoms with Crippen LogP contribution in [-0.4, -0.2) is 23.3 Å². The number of amides is 2. The van der Waals surface area contributed by atoms with Crippen LogP contribution in [0.2, 0.25) is 0 Å². The molecule has 4 nitrogen and oxygen atoms in total. The van der Waals surface area contributed by atoms with Gasteiger partial charge >= 0.3 is 0 Å². The third-order valence-electron chi connectivity index (χ3n) is 3.63. The Morgan fingerprint density at radius 1 is 1.00 bits per heavy atom. The fraction of sp³-hybridized carbons (Fsp3) is 0.263. The molecule has 0 fully saturated rings. The Kier molecular flexibility index (Phi) is 5.92. The molecule has 0 saturated heterocycles. The van der Waals surface area contributed by atoms with Gasteiger partial charge in [-0.05, 0) is 18.1 Å². The second kappa shape index (κ2) is 8.13. The standard InChI is InChI=1S/C19H22N2O2/c1-3-20-19(23)18(17-12-8-5-9-13-17)21(15(2)22)14-16-10-6-4-7-11-16/h4-13,18H,3,14H2,1-2H3,(H,20,23)/t18-/m0/s1. The summed E-state index contributed by atoms with van der Waals surface area (Å²) in [6.07, 6.45) is 0. The highest BCUT2D eigenvalue weighted by Crippen LogP contribution is 2.23. The van der Waals surface area contributed by atoms with Crippen molar-refractivity contribution in [2.75, 3.05) is 6.54 Å². The van der Waals surface area contributed by atoms with Crippen LogP contribution >= 0.6 is 0 Å². The zero-order chi connectivity index (χ0) is 16.7. The van der Waals surface area contributed by atoms with Crippen molar-refractivity contribution >= 4 is 11.8 Å². The normalized spacial score (nSPS) is 11.6. The summed E-state index contributed by atoms with van der Waals surface area (Å²) in [5.41, 5.74) is 1.80. The molecule has 0 aromatic heterocycles. The zero-order valence-electron chi connectivity index (χ0n) is 13.5. The minimum Gasteiger partial charge on any atom is -0.354 e. The van der Waals surface area contributed by atoms with Gasteiger partial charge in [-0.3, -0.25) is 9.59 Å². The van der Waals surface area contributed by atoms with Crippen LogP contribution < -0.4 is 5.32 Å². The number of carbonyl (C=O) groups excluding carboxylic acids is 2. The van der Waals surface area contributed by atoms with Crippen LogP contribution in [-0.2, 0) is 16.1 Å². The van der Waals surface area contributed by atoms with E-state index in [1.807, 2.05) is 67.6 Å². The van der Waals surface area contributed by atoms with Crippen LogP contribution in [0, 0.1) is 0 Å². The highest BCUT2D eigenvalue weighted by atomic mass is 16.2. The molecular weight excluding hydrogens is 288 g/mol. The lowest BCUT2D eigenvalue weighted by Crippen LogP contribution is -2.42. The van der Waals surface area contributed by atoms with E-state index in [0.29, 0.717) is 13.1 Å². The molecule has 0 aliphatic rings. The first-order valence-electron chi connectivity index (χ1n) is 7.77. The summed E-state index contributed by atoms with van der Waals surface area (Å²) in [5.74, 6) is -0.293. The fourth-order valence-electron chi connectivity index (χ4n) is 2.54. The zero-order valence-corrected chi connectivity index (χ0v) is 13.5. The monoisotopic (exact) mass is 310 g/mol. The van der Waals surface area contributed by atoms with Crippen molar-refractivity contribution in [3.63, 3.8) is 0 Å². The maximum atomic E-state index is 12.6. The van der Waals surface area contributed by atoms with E-state index in [1.165, 1.54) is 6.92 Å². The van der Waals surface area contributed by atoms with E-state index >= 15 is 0 Å². The molecule has 0 heterocycles. The summed E-state index contributed by atoms with van der Waals surface area (Å²) >= 11 is 0. The van der Waals surface area contributed by atoms with Gasteiger partial charge in [0.2, 0.25) is 11.8 Å². The fourth-order valence-corrected chi connectivity index (χ4v) is 2.54. The Balaban J connectivity index is 2.36. The Bertz CT molecular complexity index is 641. The molecule has 0 saturated carbocycles. The van der Waals surface area contributed by atoms with Gasteiger partial charge < -0.3 is 10.2 Å². The van der Waals surface area contributed by atoms with E-state index in [1.54, 1.807) is 4.90 Å². The van der Waals surface area contributed by atoms with E-state index in [2.05, 4.69) is 5.32 Å². The summed E-state index contributed by atoms with van der Waals surface area (Å²) in [4.78, 5) is 26.4. The second-order valence-corrected chi connectivity index (χ2v) is 5.34. The topological polar surface area (TPSA) is 49.4 Å². The first-order chi connectivity index (χ1) is 11.1. The van der Waals surface area contributed by atoms with Crippen molar-refractivity contribution < 1.29 is 9.59 Å².